The quantitative estimate of drug-likeness (QED) is 0.228. The number of nitrogens with zero attached hydrogens (tertiary/aromatic N) is 3. The van der Waals surface area contributed by atoms with Crippen LogP contribution in [0.3, 0.4) is 0 Å². The number of nitrogens with one attached hydrogen (secondary N) is 1. The Morgan fingerprint density at radius 3 is 2.41 bits per heavy atom. The molecule has 10 heteroatoms. The second kappa shape index (κ2) is 12.1. The van der Waals surface area contributed by atoms with Crippen molar-refractivity contribution >= 4 is 41.3 Å². The van der Waals surface area contributed by atoms with Crippen molar-refractivity contribution < 1.29 is 17.9 Å². The van der Waals surface area contributed by atoms with Crippen LogP contribution < -0.4 is 20.7 Å². The first kappa shape index (κ1) is 26.0. The van der Waals surface area contributed by atoms with Crippen LogP contribution in [0, 0.1) is 0 Å². The number of guanidine groups is 1. The van der Waals surface area contributed by atoms with E-state index in [1.54, 1.807) is 13.2 Å². The molecule has 1 fully saturated rings. The number of benzene rings is 2. The summed E-state index contributed by atoms with van der Waals surface area (Å²) in [5, 5.41) is 3.04. The van der Waals surface area contributed by atoms with Crippen LogP contribution in [-0.4, -0.2) is 57.2 Å². The SMILES string of the molecule is COc1ccc(NC(N)=NCCCN2CCN(c3cccc(C(F)(F)F)c3)CC2)cc1.I. The van der Waals surface area contributed by atoms with Crippen molar-refractivity contribution in [2.45, 2.75) is 12.6 Å². The zero-order chi connectivity index (χ0) is 22.3. The topological polar surface area (TPSA) is 66.1 Å². The molecule has 0 atom stereocenters. The second-order valence-electron chi connectivity index (χ2n) is 7.35. The minimum atomic E-state index is -4.32. The predicted molar refractivity (Wildman–Crippen MR) is 133 cm³/mol. The highest BCUT2D eigenvalue weighted by Gasteiger charge is 2.31. The lowest BCUT2D eigenvalue weighted by Crippen LogP contribution is -2.46. The highest BCUT2D eigenvalue weighted by Crippen LogP contribution is 2.31. The van der Waals surface area contributed by atoms with Crippen LogP contribution in [0.1, 0.15) is 12.0 Å². The van der Waals surface area contributed by atoms with E-state index < -0.39 is 11.7 Å². The Balaban J connectivity index is 0.00000363. The number of alkyl halides is 3. The monoisotopic (exact) mass is 563 g/mol. The van der Waals surface area contributed by atoms with Crippen molar-refractivity contribution in [3.63, 3.8) is 0 Å². The van der Waals surface area contributed by atoms with Crippen molar-refractivity contribution in [3.8, 4) is 5.75 Å². The first-order valence-electron chi connectivity index (χ1n) is 10.2. The molecule has 1 heterocycles. The first-order chi connectivity index (χ1) is 14.8. The summed E-state index contributed by atoms with van der Waals surface area (Å²) in [4.78, 5) is 8.65. The van der Waals surface area contributed by atoms with E-state index in [4.69, 9.17) is 10.5 Å². The Bertz CT molecular complexity index is 869. The van der Waals surface area contributed by atoms with Gasteiger partial charge < -0.3 is 20.7 Å². The highest BCUT2D eigenvalue weighted by atomic mass is 127. The van der Waals surface area contributed by atoms with Crippen LogP contribution in [0.15, 0.2) is 53.5 Å². The predicted octanol–water partition coefficient (Wildman–Crippen LogP) is 4.27. The zero-order valence-electron chi connectivity index (χ0n) is 17.9. The second-order valence-corrected chi connectivity index (χ2v) is 7.35. The van der Waals surface area contributed by atoms with Crippen molar-refractivity contribution in [1.29, 1.82) is 0 Å². The fourth-order valence-electron chi connectivity index (χ4n) is 3.46. The van der Waals surface area contributed by atoms with Gasteiger partial charge in [-0.2, -0.15) is 13.2 Å². The van der Waals surface area contributed by atoms with Gasteiger partial charge in [0.1, 0.15) is 5.75 Å². The average molecular weight is 563 g/mol. The molecule has 0 aliphatic carbocycles. The maximum Gasteiger partial charge on any atom is 0.416 e. The van der Waals surface area contributed by atoms with E-state index in [1.165, 1.54) is 12.1 Å². The van der Waals surface area contributed by atoms with Crippen LogP contribution >= 0.6 is 24.0 Å². The third-order valence-electron chi connectivity index (χ3n) is 5.19. The Kier molecular flexibility index (Phi) is 9.88. The number of methoxy groups -OCH3 is 1. The zero-order valence-corrected chi connectivity index (χ0v) is 20.3. The normalized spacial score (nSPS) is 15.2. The molecule has 6 nitrogen and oxygen atoms in total. The molecule has 32 heavy (non-hydrogen) atoms. The molecule has 2 aromatic carbocycles. The molecule has 1 aliphatic heterocycles. The molecule has 0 radical (unpaired) electrons. The Labute approximate surface area is 203 Å². The fourth-order valence-corrected chi connectivity index (χ4v) is 3.46. The number of ether oxygens (including phenoxy) is 1. The molecule has 1 aliphatic rings. The van der Waals surface area contributed by atoms with E-state index in [2.05, 4.69) is 15.2 Å². The van der Waals surface area contributed by atoms with Gasteiger partial charge in [-0.25, -0.2) is 0 Å². The number of piperazine rings is 1. The van der Waals surface area contributed by atoms with Gasteiger partial charge in [0.2, 0.25) is 0 Å². The highest BCUT2D eigenvalue weighted by molar-refractivity contribution is 14.0. The lowest BCUT2D eigenvalue weighted by molar-refractivity contribution is -0.137. The van der Waals surface area contributed by atoms with Gasteiger partial charge >= 0.3 is 6.18 Å². The van der Waals surface area contributed by atoms with Gasteiger partial charge in [-0.05, 0) is 48.9 Å². The lowest BCUT2D eigenvalue weighted by Gasteiger charge is -2.36. The number of hydrogen-bond acceptors (Lipinski definition) is 4. The molecule has 2 aromatic rings. The largest absolute Gasteiger partial charge is 0.497 e. The lowest BCUT2D eigenvalue weighted by atomic mass is 10.1. The van der Waals surface area contributed by atoms with Gasteiger partial charge in [-0.1, -0.05) is 6.07 Å². The molecule has 3 rings (SSSR count). The number of nitrogens with two attached hydrogens (primary N) is 1. The first-order valence-corrected chi connectivity index (χ1v) is 10.2. The van der Waals surface area contributed by atoms with Crippen molar-refractivity contribution in [3.05, 3.63) is 54.1 Å². The summed E-state index contributed by atoms with van der Waals surface area (Å²) in [6.45, 7) is 4.48. The van der Waals surface area contributed by atoms with E-state index in [-0.39, 0.29) is 24.0 Å². The number of hydrogen-bond donors (Lipinski definition) is 2. The van der Waals surface area contributed by atoms with Crippen molar-refractivity contribution in [2.24, 2.45) is 10.7 Å². The van der Waals surface area contributed by atoms with Crippen LogP contribution in [0.2, 0.25) is 0 Å². The molecule has 0 bridgehead atoms. The fraction of sp³-hybridized carbons (Fsp3) is 0.409. The van der Waals surface area contributed by atoms with Gasteiger partial charge in [0.25, 0.3) is 0 Å². The van der Waals surface area contributed by atoms with E-state index in [0.29, 0.717) is 31.3 Å². The third kappa shape index (κ3) is 7.73. The van der Waals surface area contributed by atoms with E-state index in [9.17, 15) is 13.2 Å². The standard InChI is InChI=1S/C22H28F3N5O.HI/c1-31-20-8-6-18(7-9-20)28-21(26)27-10-3-11-29-12-14-30(15-13-29)19-5-2-4-17(16-19)22(23,24)25;/h2,4-9,16H,3,10-15H2,1H3,(H3,26,27,28);1H. The average Bonchev–Trinajstić information content (AvgIpc) is 2.77. The molecule has 0 spiro atoms. The van der Waals surface area contributed by atoms with Gasteiger partial charge in [0, 0.05) is 50.6 Å². The minimum Gasteiger partial charge on any atom is -0.497 e. The summed E-state index contributed by atoms with van der Waals surface area (Å²) >= 11 is 0. The smallest absolute Gasteiger partial charge is 0.416 e. The van der Waals surface area contributed by atoms with Crippen LogP contribution in [0.5, 0.6) is 5.75 Å². The third-order valence-corrected chi connectivity index (χ3v) is 5.19. The molecule has 3 N–H and O–H groups in total. The maximum atomic E-state index is 12.9. The molecule has 0 aromatic heterocycles. The maximum absolute atomic E-state index is 12.9. The van der Waals surface area contributed by atoms with Gasteiger partial charge in [-0.15, -0.1) is 24.0 Å². The molecule has 0 saturated carbocycles. The van der Waals surface area contributed by atoms with E-state index >= 15 is 0 Å². The van der Waals surface area contributed by atoms with Crippen molar-refractivity contribution in [2.75, 3.05) is 56.6 Å². The molecule has 0 unspecified atom stereocenters. The van der Waals surface area contributed by atoms with Crippen LogP contribution in [0.4, 0.5) is 24.5 Å². The van der Waals surface area contributed by atoms with Crippen molar-refractivity contribution in [1.82, 2.24) is 4.90 Å². The molecule has 176 valence electrons. The summed E-state index contributed by atoms with van der Waals surface area (Å²) in [6, 6.07) is 12.9. The van der Waals surface area contributed by atoms with Crippen LogP contribution in [-0.2, 0) is 6.18 Å². The number of anilines is 2. The van der Waals surface area contributed by atoms with Gasteiger partial charge in [0.15, 0.2) is 5.96 Å². The summed E-state index contributed by atoms with van der Waals surface area (Å²) in [5.41, 5.74) is 6.78. The van der Waals surface area contributed by atoms with Gasteiger partial charge in [0.05, 0.1) is 12.7 Å². The summed E-state index contributed by atoms with van der Waals surface area (Å²) in [5.74, 6) is 1.13. The number of rotatable bonds is 7. The number of halogens is 4. The summed E-state index contributed by atoms with van der Waals surface area (Å²) < 4.78 is 43.9. The molecule has 1 saturated heterocycles. The van der Waals surface area contributed by atoms with E-state index in [1.807, 2.05) is 29.2 Å². The Hall–Kier alpha value is -2.21. The summed E-state index contributed by atoms with van der Waals surface area (Å²) in [7, 11) is 1.61. The van der Waals surface area contributed by atoms with Crippen LogP contribution in [0.25, 0.3) is 0 Å². The Morgan fingerprint density at radius 2 is 1.78 bits per heavy atom. The van der Waals surface area contributed by atoms with E-state index in [0.717, 1.165) is 43.6 Å². The number of aliphatic imine (C=N–C) groups is 1. The Morgan fingerprint density at radius 1 is 1.09 bits per heavy atom. The molecular formula is C22H29F3IN5O. The minimum absolute atomic E-state index is 0. The van der Waals surface area contributed by atoms with Gasteiger partial charge in [-0.3, -0.25) is 9.89 Å². The molecular weight excluding hydrogens is 534 g/mol. The summed E-state index contributed by atoms with van der Waals surface area (Å²) in [6.07, 6.45) is -3.46. The molecule has 0 amide bonds.